The van der Waals surface area contributed by atoms with Crippen molar-refractivity contribution in [3.63, 3.8) is 0 Å². The second-order valence-electron chi connectivity index (χ2n) is 4.61. The number of nitrogens with zero attached hydrogens (tertiary/aromatic N) is 2. The third kappa shape index (κ3) is 4.57. The molecule has 0 saturated heterocycles. The molecule has 0 fully saturated rings. The summed E-state index contributed by atoms with van der Waals surface area (Å²) in [5, 5.41) is 2.60. The minimum absolute atomic E-state index is 0. The number of hydrogen-bond donors (Lipinski definition) is 2. The third-order valence-electron chi connectivity index (χ3n) is 2.69. The molecule has 0 atom stereocenters. The zero-order valence-electron chi connectivity index (χ0n) is 12.5. The lowest BCUT2D eigenvalue weighted by molar-refractivity contribution is -0.114. The van der Waals surface area contributed by atoms with Crippen LogP contribution in [0.15, 0.2) is 23.1 Å². The number of benzene rings is 1. The Bertz CT molecular complexity index is 603. The van der Waals surface area contributed by atoms with Gasteiger partial charge in [0.05, 0.1) is 22.8 Å². The molecule has 1 rings (SSSR count). The van der Waals surface area contributed by atoms with Gasteiger partial charge in [0.2, 0.25) is 15.9 Å². The van der Waals surface area contributed by atoms with Crippen molar-refractivity contribution in [2.24, 2.45) is 5.73 Å². The van der Waals surface area contributed by atoms with Crippen LogP contribution in [0.4, 0.5) is 11.4 Å². The highest BCUT2D eigenvalue weighted by molar-refractivity contribution is 7.89. The Morgan fingerprint density at radius 3 is 2.24 bits per heavy atom. The van der Waals surface area contributed by atoms with E-state index in [1.807, 2.05) is 0 Å². The molecule has 9 heteroatoms. The lowest BCUT2D eigenvalue weighted by Gasteiger charge is -2.20. The second kappa shape index (κ2) is 7.60. The van der Waals surface area contributed by atoms with Crippen molar-refractivity contribution in [1.82, 2.24) is 4.31 Å². The number of rotatable bonds is 5. The van der Waals surface area contributed by atoms with Crippen molar-refractivity contribution in [2.75, 3.05) is 45.0 Å². The van der Waals surface area contributed by atoms with Gasteiger partial charge in [0.1, 0.15) is 0 Å². The Labute approximate surface area is 131 Å². The van der Waals surface area contributed by atoms with Crippen LogP contribution in [-0.4, -0.2) is 53.4 Å². The highest BCUT2D eigenvalue weighted by Crippen LogP contribution is 2.28. The van der Waals surface area contributed by atoms with Gasteiger partial charge in [-0.3, -0.25) is 4.79 Å². The summed E-state index contributed by atoms with van der Waals surface area (Å²) in [4.78, 5) is 13.3. The summed E-state index contributed by atoms with van der Waals surface area (Å²) >= 11 is 0. The zero-order valence-corrected chi connectivity index (χ0v) is 14.1. The topological polar surface area (TPSA) is 95.7 Å². The van der Waals surface area contributed by atoms with Crippen molar-refractivity contribution < 1.29 is 13.2 Å². The van der Waals surface area contributed by atoms with Crippen LogP contribution >= 0.6 is 12.4 Å². The number of halogens is 1. The van der Waals surface area contributed by atoms with Gasteiger partial charge < -0.3 is 16.0 Å². The monoisotopic (exact) mass is 336 g/mol. The minimum Gasteiger partial charge on any atom is -0.376 e. The summed E-state index contributed by atoms with van der Waals surface area (Å²) in [5.74, 6) is -0.382. The van der Waals surface area contributed by atoms with Crippen LogP contribution in [0, 0.1) is 0 Å². The largest absolute Gasteiger partial charge is 0.376 e. The van der Waals surface area contributed by atoms with E-state index >= 15 is 0 Å². The first-order valence-electron chi connectivity index (χ1n) is 5.94. The summed E-state index contributed by atoms with van der Waals surface area (Å²) in [6.07, 6.45) is 0. The molecule has 0 radical (unpaired) electrons. The maximum absolute atomic E-state index is 12.1. The van der Waals surface area contributed by atoms with E-state index in [9.17, 15) is 13.2 Å². The van der Waals surface area contributed by atoms with Crippen molar-refractivity contribution in [3.8, 4) is 0 Å². The van der Waals surface area contributed by atoms with E-state index in [1.165, 1.54) is 26.2 Å². The average Bonchev–Trinajstić information content (AvgIpc) is 2.37. The standard InChI is InChI=1S/C12H20N4O3S.ClH/c1-15(2)11-6-5-9(20(18,19)16(3)4)7-10(11)14-12(17)8-13;/h5-7H,8,13H2,1-4H3,(H,14,17);1H. The van der Waals surface area contributed by atoms with Gasteiger partial charge in [0.15, 0.2) is 0 Å². The number of sulfonamides is 1. The van der Waals surface area contributed by atoms with Crippen LogP contribution in [0.2, 0.25) is 0 Å². The fourth-order valence-corrected chi connectivity index (χ4v) is 2.51. The number of anilines is 2. The van der Waals surface area contributed by atoms with Gasteiger partial charge in [-0.2, -0.15) is 0 Å². The fourth-order valence-electron chi connectivity index (χ4n) is 1.58. The Kier molecular flexibility index (Phi) is 7.11. The number of nitrogens with one attached hydrogen (secondary N) is 1. The van der Waals surface area contributed by atoms with E-state index in [0.717, 1.165) is 4.31 Å². The van der Waals surface area contributed by atoms with Gasteiger partial charge >= 0.3 is 0 Å². The second-order valence-corrected chi connectivity index (χ2v) is 6.76. The molecule has 0 aliphatic rings. The van der Waals surface area contributed by atoms with Gasteiger partial charge in [-0.15, -0.1) is 12.4 Å². The first-order valence-corrected chi connectivity index (χ1v) is 7.38. The highest BCUT2D eigenvalue weighted by atomic mass is 35.5. The van der Waals surface area contributed by atoms with Gasteiger partial charge in [-0.1, -0.05) is 0 Å². The summed E-state index contributed by atoms with van der Waals surface area (Å²) in [6.45, 7) is -0.169. The van der Waals surface area contributed by atoms with Crippen LogP contribution < -0.4 is 16.0 Å². The Hall–Kier alpha value is -1.35. The van der Waals surface area contributed by atoms with E-state index in [2.05, 4.69) is 5.32 Å². The van der Waals surface area contributed by atoms with Crippen molar-refractivity contribution in [2.45, 2.75) is 4.90 Å². The van der Waals surface area contributed by atoms with Crippen LogP contribution in [0.5, 0.6) is 0 Å². The summed E-state index contributed by atoms with van der Waals surface area (Å²) in [5.41, 5.74) is 6.38. The molecule has 0 bridgehead atoms. The molecule has 0 aromatic heterocycles. The summed E-state index contributed by atoms with van der Waals surface area (Å²) in [7, 11) is 2.95. The summed E-state index contributed by atoms with van der Waals surface area (Å²) in [6, 6.07) is 4.57. The van der Waals surface area contributed by atoms with Crippen LogP contribution in [-0.2, 0) is 14.8 Å². The molecular formula is C12H21ClN4O3S. The van der Waals surface area contributed by atoms with Gasteiger partial charge in [-0.05, 0) is 18.2 Å². The minimum atomic E-state index is -3.55. The van der Waals surface area contributed by atoms with Crippen LogP contribution in [0.3, 0.4) is 0 Å². The Morgan fingerprint density at radius 1 is 1.24 bits per heavy atom. The summed E-state index contributed by atoms with van der Waals surface area (Å²) < 4.78 is 25.3. The van der Waals surface area contributed by atoms with Crippen LogP contribution in [0.1, 0.15) is 0 Å². The smallest absolute Gasteiger partial charge is 0.242 e. The predicted octanol–water partition coefficient (Wildman–Crippen LogP) is 0.322. The molecule has 7 nitrogen and oxygen atoms in total. The van der Waals surface area contributed by atoms with E-state index in [0.29, 0.717) is 11.4 Å². The van der Waals surface area contributed by atoms with E-state index in [-0.39, 0.29) is 29.8 Å². The molecule has 0 aliphatic carbocycles. The SMILES string of the molecule is CN(C)c1ccc(S(=O)(=O)N(C)C)cc1NC(=O)CN.Cl. The molecule has 0 spiro atoms. The average molecular weight is 337 g/mol. The quantitative estimate of drug-likeness (QED) is 0.807. The zero-order chi connectivity index (χ0) is 15.5. The number of carbonyl (C=O) groups excluding carboxylic acids is 1. The fraction of sp³-hybridized carbons (Fsp3) is 0.417. The van der Waals surface area contributed by atoms with E-state index in [1.54, 1.807) is 25.1 Å². The molecule has 120 valence electrons. The van der Waals surface area contributed by atoms with Crippen molar-refractivity contribution in [3.05, 3.63) is 18.2 Å². The van der Waals surface area contributed by atoms with Crippen LogP contribution in [0.25, 0.3) is 0 Å². The van der Waals surface area contributed by atoms with Crippen molar-refractivity contribution >= 4 is 39.7 Å². The number of amides is 1. The number of carbonyl (C=O) groups is 1. The maximum Gasteiger partial charge on any atom is 0.242 e. The first kappa shape index (κ1) is 19.7. The highest BCUT2D eigenvalue weighted by Gasteiger charge is 2.19. The molecule has 21 heavy (non-hydrogen) atoms. The number of nitrogens with two attached hydrogens (primary N) is 1. The Balaban J connectivity index is 0.00000400. The van der Waals surface area contributed by atoms with Gasteiger partial charge in [0, 0.05) is 28.2 Å². The third-order valence-corrected chi connectivity index (χ3v) is 4.50. The van der Waals surface area contributed by atoms with Gasteiger partial charge in [0.25, 0.3) is 0 Å². The molecule has 0 saturated carbocycles. The molecular weight excluding hydrogens is 316 g/mol. The lowest BCUT2D eigenvalue weighted by atomic mass is 10.2. The maximum atomic E-state index is 12.1. The molecule has 1 amide bonds. The Morgan fingerprint density at radius 2 is 1.81 bits per heavy atom. The normalized spacial score (nSPS) is 11.0. The predicted molar refractivity (Wildman–Crippen MR) is 86.6 cm³/mol. The number of hydrogen-bond acceptors (Lipinski definition) is 5. The van der Waals surface area contributed by atoms with E-state index < -0.39 is 10.0 Å². The molecule has 3 N–H and O–H groups in total. The molecule has 0 heterocycles. The molecule has 1 aromatic carbocycles. The molecule has 1 aromatic rings. The molecule has 0 unspecified atom stereocenters. The van der Waals surface area contributed by atoms with Gasteiger partial charge in [-0.25, -0.2) is 12.7 Å². The van der Waals surface area contributed by atoms with Crippen molar-refractivity contribution in [1.29, 1.82) is 0 Å². The first-order chi connectivity index (χ1) is 9.20. The van der Waals surface area contributed by atoms with E-state index in [4.69, 9.17) is 5.73 Å². The lowest BCUT2D eigenvalue weighted by Crippen LogP contribution is -2.25. The molecule has 0 aliphatic heterocycles.